The van der Waals surface area contributed by atoms with E-state index in [4.69, 9.17) is 48.4 Å². The number of nitrogens with one attached hydrogen (secondary N) is 1. The summed E-state index contributed by atoms with van der Waals surface area (Å²) in [7, 11) is 3.90. The van der Waals surface area contributed by atoms with Crippen LogP contribution in [0.5, 0.6) is 5.75 Å². The maximum atomic E-state index is 12.0. The van der Waals surface area contributed by atoms with Crippen molar-refractivity contribution in [3.63, 3.8) is 0 Å². The van der Waals surface area contributed by atoms with E-state index in [0.29, 0.717) is 125 Å². The van der Waals surface area contributed by atoms with Crippen LogP contribution in [0.3, 0.4) is 0 Å². The third-order valence-electron chi connectivity index (χ3n) is 5.37. The molecule has 0 unspecified atom stereocenters. The van der Waals surface area contributed by atoms with E-state index >= 15 is 0 Å². The van der Waals surface area contributed by atoms with Gasteiger partial charge >= 0.3 is 0 Å². The summed E-state index contributed by atoms with van der Waals surface area (Å²) < 4.78 is 49.0. The van der Waals surface area contributed by atoms with E-state index in [0.717, 1.165) is 11.4 Å². The monoisotopic (exact) mass is 603 g/mol. The van der Waals surface area contributed by atoms with E-state index in [2.05, 4.69) is 5.32 Å². The number of para-hydroxylation sites is 2. The van der Waals surface area contributed by atoms with E-state index < -0.39 is 0 Å². The number of amides is 1. The van der Waals surface area contributed by atoms with Crippen LogP contribution in [0.1, 0.15) is 6.42 Å². The molecule has 42 heavy (non-hydrogen) atoms. The predicted octanol–water partition coefficient (Wildman–Crippen LogP) is 0.729. The Morgan fingerprint density at radius 2 is 1.02 bits per heavy atom. The highest BCUT2D eigenvalue weighted by molar-refractivity contribution is 5.76. The maximum Gasteiger partial charge on any atom is 0.223 e. The Morgan fingerprint density at radius 1 is 0.619 bits per heavy atom. The van der Waals surface area contributed by atoms with Gasteiger partial charge in [0.1, 0.15) is 5.75 Å². The molecular formula is C29H53N3O10. The van der Waals surface area contributed by atoms with Crippen molar-refractivity contribution in [1.29, 1.82) is 0 Å². The van der Waals surface area contributed by atoms with Gasteiger partial charge in [0, 0.05) is 27.2 Å². The average molecular weight is 604 g/mol. The molecule has 0 saturated heterocycles. The molecule has 13 heteroatoms. The number of rotatable bonds is 31. The Bertz CT molecular complexity index is 745. The minimum Gasteiger partial charge on any atom is -0.491 e. The van der Waals surface area contributed by atoms with Gasteiger partial charge in [0.25, 0.3) is 0 Å². The number of nitrogens with zero attached hydrogens (tertiary/aromatic N) is 1. The van der Waals surface area contributed by atoms with Gasteiger partial charge in [0.2, 0.25) is 5.91 Å². The minimum absolute atomic E-state index is 0.0741. The van der Waals surface area contributed by atoms with Crippen molar-refractivity contribution in [2.24, 2.45) is 5.73 Å². The summed E-state index contributed by atoms with van der Waals surface area (Å²) in [6, 6.07) is 7.73. The van der Waals surface area contributed by atoms with Crippen LogP contribution in [0.25, 0.3) is 0 Å². The lowest BCUT2D eigenvalue weighted by atomic mass is 10.3. The first kappa shape index (κ1) is 38.0. The highest BCUT2D eigenvalue weighted by Gasteiger charge is 2.06. The lowest BCUT2D eigenvalue weighted by Gasteiger charge is -2.17. The fourth-order valence-electron chi connectivity index (χ4n) is 3.28. The molecule has 1 aromatic carbocycles. The summed E-state index contributed by atoms with van der Waals surface area (Å²) in [5.74, 6) is 0.687. The van der Waals surface area contributed by atoms with Crippen molar-refractivity contribution in [2.75, 3.05) is 144 Å². The maximum absolute atomic E-state index is 12.0. The van der Waals surface area contributed by atoms with Crippen LogP contribution in [-0.2, 0) is 42.7 Å². The van der Waals surface area contributed by atoms with Crippen molar-refractivity contribution in [1.82, 2.24) is 5.32 Å². The molecule has 0 aliphatic rings. The van der Waals surface area contributed by atoms with Crippen LogP contribution in [-0.4, -0.2) is 145 Å². The molecule has 0 atom stereocenters. The van der Waals surface area contributed by atoms with Gasteiger partial charge in [-0.1, -0.05) is 12.1 Å². The fraction of sp³-hybridized carbons (Fsp3) is 0.759. The van der Waals surface area contributed by atoms with Crippen molar-refractivity contribution < 1.29 is 47.4 Å². The quantitative estimate of drug-likeness (QED) is 0.116. The standard InChI is InChI=1S/C29H53N3O10/c1-32(2)27-5-3-4-6-28(27)42-10-7-29(33)31-9-12-35-14-16-37-18-20-39-22-24-41-26-25-40-23-21-38-19-17-36-15-13-34-11-8-30/h3-6H,7-26,30H2,1-2H3,(H,31,33). The molecule has 0 bridgehead atoms. The smallest absolute Gasteiger partial charge is 0.223 e. The third kappa shape index (κ3) is 23.5. The number of nitrogens with two attached hydrogens (primary N) is 1. The Labute approximate surface area is 251 Å². The molecule has 1 aromatic rings. The van der Waals surface area contributed by atoms with Gasteiger partial charge in [-0.2, -0.15) is 0 Å². The Morgan fingerprint density at radius 3 is 1.45 bits per heavy atom. The van der Waals surface area contributed by atoms with Gasteiger partial charge in [0.15, 0.2) is 0 Å². The molecule has 0 aliphatic carbocycles. The largest absolute Gasteiger partial charge is 0.491 e. The molecule has 1 rings (SSSR count). The van der Waals surface area contributed by atoms with Gasteiger partial charge in [-0.25, -0.2) is 0 Å². The molecule has 0 heterocycles. The SMILES string of the molecule is CN(C)c1ccccc1OCCC(=O)NCCOCCOCCOCCOCCOCCOCCOCCOCCN. The van der Waals surface area contributed by atoms with Gasteiger partial charge in [-0.3, -0.25) is 4.79 Å². The highest BCUT2D eigenvalue weighted by atomic mass is 16.6. The van der Waals surface area contributed by atoms with Crippen LogP contribution in [0, 0.1) is 0 Å². The van der Waals surface area contributed by atoms with Gasteiger partial charge in [-0.05, 0) is 12.1 Å². The Hall–Kier alpha value is -2.07. The first-order chi connectivity index (χ1) is 20.6. The molecule has 0 saturated carbocycles. The van der Waals surface area contributed by atoms with Gasteiger partial charge < -0.3 is 58.6 Å². The minimum atomic E-state index is -0.0741. The number of hydrogen-bond acceptors (Lipinski definition) is 12. The molecular weight excluding hydrogens is 550 g/mol. The van der Waals surface area contributed by atoms with Gasteiger partial charge in [0.05, 0.1) is 124 Å². The lowest BCUT2D eigenvalue weighted by Crippen LogP contribution is -2.28. The second-order valence-corrected chi connectivity index (χ2v) is 9.00. The summed E-state index contributed by atoms with van der Waals surface area (Å²) in [5.41, 5.74) is 6.30. The molecule has 3 N–H and O–H groups in total. The predicted molar refractivity (Wildman–Crippen MR) is 159 cm³/mol. The molecule has 13 nitrogen and oxygen atoms in total. The second kappa shape index (κ2) is 29.0. The number of anilines is 1. The van der Waals surface area contributed by atoms with Crippen LogP contribution < -0.4 is 20.7 Å². The van der Waals surface area contributed by atoms with Crippen molar-refractivity contribution in [2.45, 2.75) is 6.42 Å². The molecule has 0 aromatic heterocycles. The second-order valence-electron chi connectivity index (χ2n) is 9.00. The fourth-order valence-corrected chi connectivity index (χ4v) is 3.28. The van der Waals surface area contributed by atoms with E-state index in [9.17, 15) is 4.79 Å². The zero-order valence-electron chi connectivity index (χ0n) is 25.6. The number of hydrogen-bond donors (Lipinski definition) is 2. The number of ether oxygens (including phenoxy) is 9. The Kier molecular flexibility index (Phi) is 26.2. The first-order valence-electron chi connectivity index (χ1n) is 14.6. The Balaban J connectivity index is 1.73. The normalized spacial score (nSPS) is 11.1. The number of carbonyl (C=O) groups excluding carboxylic acids is 1. The molecule has 0 aliphatic heterocycles. The zero-order valence-corrected chi connectivity index (χ0v) is 25.6. The number of carbonyl (C=O) groups is 1. The van der Waals surface area contributed by atoms with E-state index in [-0.39, 0.29) is 12.3 Å². The first-order valence-corrected chi connectivity index (χ1v) is 14.6. The van der Waals surface area contributed by atoms with Crippen molar-refractivity contribution in [3.05, 3.63) is 24.3 Å². The van der Waals surface area contributed by atoms with Gasteiger partial charge in [-0.15, -0.1) is 0 Å². The van der Waals surface area contributed by atoms with Crippen LogP contribution in [0.2, 0.25) is 0 Å². The topological polar surface area (TPSA) is 141 Å². The zero-order chi connectivity index (χ0) is 30.4. The number of benzene rings is 1. The summed E-state index contributed by atoms with van der Waals surface area (Å²) in [6.45, 7) is 9.30. The van der Waals surface area contributed by atoms with E-state index in [1.807, 2.05) is 43.3 Å². The van der Waals surface area contributed by atoms with Crippen molar-refractivity contribution >= 4 is 11.6 Å². The van der Waals surface area contributed by atoms with E-state index in [1.165, 1.54) is 0 Å². The average Bonchev–Trinajstić information content (AvgIpc) is 2.99. The molecule has 1 amide bonds. The molecule has 244 valence electrons. The highest BCUT2D eigenvalue weighted by Crippen LogP contribution is 2.25. The summed E-state index contributed by atoms with van der Waals surface area (Å²) in [4.78, 5) is 13.9. The van der Waals surface area contributed by atoms with Crippen LogP contribution in [0.4, 0.5) is 5.69 Å². The summed E-state index contributed by atoms with van der Waals surface area (Å²) >= 11 is 0. The molecule has 0 spiro atoms. The summed E-state index contributed by atoms with van der Waals surface area (Å²) in [6.07, 6.45) is 0.282. The van der Waals surface area contributed by atoms with Crippen LogP contribution in [0.15, 0.2) is 24.3 Å². The van der Waals surface area contributed by atoms with Crippen LogP contribution >= 0.6 is 0 Å². The third-order valence-corrected chi connectivity index (χ3v) is 5.37. The lowest BCUT2D eigenvalue weighted by molar-refractivity contribution is -0.121. The van der Waals surface area contributed by atoms with Crippen molar-refractivity contribution in [3.8, 4) is 5.75 Å². The summed E-state index contributed by atoms with van der Waals surface area (Å²) in [5, 5.41) is 2.82. The molecule has 0 fully saturated rings. The van der Waals surface area contributed by atoms with E-state index in [1.54, 1.807) is 0 Å². The molecule has 0 radical (unpaired) electrons.